The maximum Gasteiger partial charge on any atom is 0.271 e. The topological polar surface area (TPSA) is 107 Å². The van der Waals surface area contributed by atoms with Crippen molar-refractivity contribution < 1.29 is 19.7 Å². The SMILES string of the molecule is C=C.COc1c(C(=O)NCCO)[nH]c(C)c1-c1cc(Cl)ncc1CO.Cc1ccccc1. The van der Waals surface area contributed by atoms with Crippen molar-refractivity contribution in [2.45, 2.75) is 20.5 Å². The molecule has 32 heavy (non-hydrogen) atoms. The van der Waals surface area contributed by atoms with Gasteiger partial charge in [-0.3, -0.25) is 4.79 Å². The van der Waals surface area contributed by atoms with E-state index >= 15 is 0 Å². The summed E-state index contributed by atoms with van der Waals surface area (Å²) in [5, 5.41) is 21.2. The Balaban J connectivity index is 0.000000477. The summed E-state index contributed by atoms with van der Waals surface area (Å²) in [5.74, 6) is -0.0501. The summed E-state index contributed by atoms with van der Waals surface area (Å²) in [5.41, 5.74) is 4.09. The molecule has 0 saturated heterocycles. The third-order valence-corrected chi connectivity index (χ3v) is 4.51. The molecule has 7 nitrogen and oxygen atoms in total. The van der Waals surface area contributed by atoms with Crippen LogP contribution in [0.4, 0.5) is 0 Å². The highest BCUT2D eigenvalue weighted by atomic mass is 35.5. The molecule has 0 saturated carbocycles. The third-order valence-electron chi connectivity index (χ3n) is 4.30. The number of nitrogens with zero attached hydrogens (tertiary/aromatic N) is 1. The number of rotatable bonds is 6. The predicted molar refractivity (Wildman–Crippen MR) is 128 cm³/mol. The summed E-state index contributed by atoms with van der Waals surface area (Å²) >= 11 is 5.96. The number of aryl methyl sites for hydroxylation is 2. The van der Waals surface area contributed by atoms with Crippen LogP contribution in [0.1, 0.15) is 27.3 Å². The van der Waals surface area contributed by atoms with Gasteiger partial charge in [0.15, 0.2) is 5.75 Å². The monoisotopic (exact) mass is 459 g/mol. The van der Waals surface area contributed by atoms with Crippen molar-refractivity contribution in [3.05, 3.63) is 83.4 Å². The second-order valence-corrected chi connectivity index (χ2v) is 6.88. The van der Waals surface area contributed by atoms with Crippen molar-refractivity contribution in [3.63, 3.8) is 0 Å². The first kappa shape index (κ1) is 26.9. The highest BCUT2D eigenvalue weighted by Gasteiger charge is 2.24. The second-order valence-electron chi connectivity index (χ2n) is 6.49. The summed E-state index contributed by atoms with van der Waals surface area (Å²) in [6.45, 7) is 9.63. The quantitative estimate of drug-likeness (QED) is 0.328. The van der Waals surface area contributed by atoms with Crippen LogP contribution in [0.25, 0.3) is 11.1 Å². The lowest BCUT2D eigenvalue weighted by Gasteiger charge is -2.10. The molecule has 0 aliphatic heterocycles. The molecule has 4 N–H and O–H groups in total. The van der Waals surface area contributed by atoms with E-state index in [-0.39, 0.29) is 30.6 Å². The van der Waals surface area contributed by atoms with Crippen molar-refractivity contribution in [1.82, 2.24) is 15.3 Å². The van der Waals surface area contributed by atoms with Gasteiger partial charge in [0.1, 0.15) is 10.8 Å². The Morgan fingerprint density at radius 1 is 1.22 bits per heavy atom. The highest BCUT2D eigenvalue weighted by molar-refractivity contribution is 6.29. The minimum atomic E-state index is -0.393. The summed E-state index contributed by atoms with van der Waals surface area (Å²) < 4.78 is 5.39. The lowest BCUT2D eigenvalue weighted by Crippen LogP contribution is -2.27. The summed E-state index contributed by atoms with van der Waals surface area (Å²) in [6.07, 6.45) is 1.48. The van der Waals surface area contributed by atoms with Crippen LogP contribution in [0.5, 0.6) is 5.75 Å². The van der Waals surface area contributed by atoms with Crippen LogP contribution in [-0.2, 0) is 6.61 Å². The average molecular weight is 460 g/mol. The number of benzene rings is 1. The largest absolute Gasteiger partial charge is 0.494 e. The Labute approximate surface area is 193 Å². The molecule has 0 aliphatic rings. The van der Waals surface area contributed by atoms with E-state index in [1.54, 1.807) is 13.0 Å². The van der Waals surface area contributed by atoms with Gasteiger partial charge in [0.2, 0.25) is 0 Å². The van der Waals surface area contributed by atoms with Gasteiger partial charge in [-0.25, -0.2) is 4.98 Å². The first-order chi connectivity index (χ1) is 15.4. The molecule has 0 spiro atoms. The number of aromatic nitrogens is 2. The number of carbonyl (C=O) groups is 1. The van der Waals surface area contributed by atoms with Gasteiger partial charge in [-0.2, -0.15) is 0 Å². The molecule has 0 radical (unpaired) electrons. The van der Waals surface area contributed by atoms with Crippen molar-refractivity contribution in [2.24, 2.45) is 0 Å². The molecule has 2 aromatic heterocycles. The normalized spacial score (nSPS) is 9.69. The van der Waals surface area contributed by atoms with Crippen molar-refractivity contribution in [1.29, 1.82) is 0 Å². The fourth-order valence-corrected chi connectivity index (χ4v) is 3.06. The molecular weight excluding hydrogens is 430 g/mol. The third kappa shape index (κ3) is 7.23. The van der Waals surface area contributed by atoms with Gasteiger partial charge in [0.05, 0.1) is 20.3 Å². The van der Waals surface area contributed by atoms with Crippen LogP contribution >= 0.6 is 11.6 Å². The molecule has 0 unspecified atom stereocenters. The number of methoxy groups -OCH3 is 1. The van der Waals surface area contributed by atoms with Crippen LogP contribution in [0.15, 0.2) is 55.8 Å². The second kappa shape index (κ2) is 14.0. The number of aliphatic hydroxyl groups excluding tert-OH is 2. The Morgan fingerprint density at radius 2 is 1.88 bits per heavy atom. The molecule has 0 bridgehead atoms. The maximum atomic E-state index is 12.2. The zero-order chi connectivity index (χ0) is 24.1. The van der Waals surface area contributed by atoms with E-state index in [0.29, 0.717) is 28.1 Å². The van der Waals surface area contributed by atoms with Crippen LogP contribution in [0.2, 0.25) is 5.15 Å². The molecule has 3 aromatic rings. The fourth-order valence-electron chi connectivity index (χ4n) is 2.90. The molecule has 1 aromatic carbocycles. The van der Waals surface area contributed by atoms with Gasteiger partial charge in [0, 0.05) is 29.6 Å². The minimum Gasteiger partial charge on any atom is -0.494 e. The van der Waals surface area contributed by atoms with Crippen LogP contribution in [0.3, 0.4) is 0 Å². The number of aromatic amines is 1. The lowest BCUT2D eigenvalue weighted by atomic mass is 10.0. The van der Waals surface area contributed by atoms with E-state index in [1.807, 2.05) is 18.2 Å². The van der Waals surface area contributed by atoms with Crippen molar-refractivity contribution in [3.8, 4) is 16.9 Å². The summed E-state index contributed by atoms with van der Waals surface area (Å²) in [6, 6.07) is 11.9. The molecule has 0 aliphatic carbocycles. The molecule has 8 heteroatoms. The zero-order valence-corrected chi connectivity index (χ0v) is 19.4. The number of aliphatic hydroxyl groups is 2. The van der Waals surface area contributed by atoms with Gasteiger partial charge < -0.3 is 25.3 Å². The molecule has 0 atom stereocenters. The van der Waals surface area contributed by atoms with Gasteiger partial charge in [-0.05, 0) is 25.5 Å². The van der Waals surface area contributed by atoms with E-state index in [2.05, 4.69) is 47.5 Å². The number of pyridine rings is 1. The van der Waals surface area contributed by atoms with E-state index in [1.165, 1.54) is 18.9 Å². The zero-order valence-electron chi connectivity index (χ0n) is 18.6. The minimum absolute atomic E-state index is 0.137. The van der Waals surface area contributed by atoms with Gasteiger partial charge in [0.25, 0.3) is 5.91 Å². The lowest BCUT2D eigenvalue weighted by molar-refractivity contribution is 0.0937. The smallest absolute Gasteiger partial charge is 0.271 e. The molecular formula is C24H30ClN3O4. The van der Waals surface area contributed by atoms with Crippen LogP contribution in [0, 0.1) is 13.8 Å². The summed E-state index contributed by atoms with van der Waals surface area (Å²) in [7, 11) is 1.45. The Kier molecular flexibility index (Phi) is 11.8. The standard InChI is InChI=1S/C15H18ClN3O4.C7H8.C2H4/c1-8-12(10-5-11(16)18-6-9(10)7-21)14(23-2)13(19-8)15(22)17-3-4-20;1-7-5-3-2-4-6-7;1-2/h5-6,19-21H,3-4,7H2,1-2H3,(H,17,22);2-6H,1H3;1-2H2. The first-order valence-electron chi connectivity index (χ1n) is 9.85. The molecule has 1 amide bonds. The van der Waals surface area contributed by atoms with E-state index in [0.717, 1.165) is 0 Å². The number of amides is 1. The first-order valence-corrected chi connectivity index (χ1v) is 10.2. The number of carbonyl (C=O) groups excluding carboxylic acids is 1. The molecule has 0 fully saturated rings. The summed E-state index contributed by atoms with van der Waals surface area (Å²) in [4.78, 5) is 19.1. The Morgan fingerprint density at radius 3 is 2.38 bits per heavy atom. The number of ether oxygens (including phenoxy) is 1. The molecule has 172 valence electrons. The predicted octanol–water partition coefficient (Wildman–Crippen LogP) is 4.06. The number of hydrogen-bond donors (Lipinski definition) is 4. The Bertz CT molecular complexity index is 990. The van der Waals surface area contributed by atoms with Gasteiger partial charge in [-0.1, -0.05) is 47.5 Å². The van der Waals surface area contributed by atoms with Crippen LogP contribution < -0.4 is 10.1 Å². The van der Waals surface area contributed by atoms with E-state index < -0.39 is 5.91 Å². The van der Waals surface area contributed by atoms with Crippen molar-refractivity contribution >= 4 is 17.5 Å². The highest BCUT2D eigenvalue weighted by Crippen LogP contribution is 2.38. The number of H-pyrrole nitrogens is 1. The van der Waals surface area contributed by atoms with Crippen molar-refractivity contribution in [2.75, 3.05) is 20.3 Å². The molecule has 3 rings (SSSR count). The van der Waals surface area contributed by atoms with E-state index in [9.17, 15) is 9.90 Å². The van der Waals surface area contributed by atoms with Gasteiger partial charge in [-0.15, -0.1) is 13.2 Å². The maximum absolute atomic E-state index is 12.2. The Hall–Kier alpha value is -3.13. The van der Waals surface area contributed by atoms with E-state index in [4.69, 9.17) is 21.4 Å². The number of hydrogen-bond acceptors (Lipinski definition) is 5. The fraction of sp³-hybridized carbons (Fsp3) is 0.250. The average Bonchev–Trinajstić information content (AvgIpc) is 3.15. The van der Waals surface area contributed by atoms with Gasteiger partial charge >= 0.3 is 0 Å². The number of halogens is 1. The number of nitrogens with one attached hydrogen (secondary N) is 2. The molecule has 2 heterocycles. The van der Waals surface area contributed by atoms with Crippen LogP contribution in [-0.4, -0.2) is 46.3 Å².